The Morgan fingerprint density at radius 2 is 1.73 bits per heavy atom. The summed E-state index contributed by atoms with van der Waals surface area (Å²) in [5, 5.41) is 14.3. The molecule has 1 atom stereocenters. The van der Waals surface area contributed by atoms with Gasteiger partial charge in [0.25, 0.3) is 0 Å². The quantitative estimate of drug-likeness (QED) is 0.464. The summed E-state index contributed by atoms with van der Waals surface area (Å²) in [4.78, 5) is 17.5. The summed E-state index contributed by atoms with van der Waals surface area (Å²) in [6.07, 6.45) is 0. The van der Waals surface area contributed by atoms with Crippen molar-refractivity contribution in [3.8, 4) is 5.75 Å². The number of fused-ring (bicyclic) bond motifs is 3. The van der Waals surface area contributed by atoms with E-state index in [9.17, 15) is 9.90 Å². The molecule has 0 radical (unpaired) electrons. The van der Waals surface area contributed by atoms with E-state index in [1.165, 1.54) is 0 Å². The van der Waals surface area contributed by atoms with E-state index < -0.39 is 11.9 Å². The summed E-state index contributed by atoms with van der Waals surface area (Å²) < 4.78 is 1.95. The lowest BCUT2D eigenvalue weighted by Crippen LogP contribution is -2.31. The molecule has 4 N–H and O–H groups in total. The van der Waals surface area contributed by atoms with Crippen molar-refractivity contribution in [1.82, 2.24) is 9.55 Å². The predicted octanol–water partition coefficient (Wildman–Crippen LogP) is 4.31. The molecule has 1 unspecified atom stereocenters. The van der Waals surface area contributed by atoms with E-state index in [2.05, 4.69) is 5.32 Å². The topological polar surface area (TPSA) is 93.2 Å². The molecule has 3 aromatic carbocycles. The van der Waals surface area contributed by atoms with Crippen molar-refractivity contribution >= 4 is 40.2 Å². The Bertz CT molecular complexity index is 1320. The van der Waals surface area contributed by atoms with E-state index in [0.29, 0.717) is 27.8 Å². The van der Waals surface area contributed by atoms with E-state index in [0.717, 1.165) is 16.6 Å². The number of carbonyl (C=O) groups excluding carboxylic acids is 1. The Balaban J connectivity index is 1.86. The predicted molar refractivity (Wildman–Crippen MR) is 117 cm³/mol. The first-order valence-corrected chi connectivity index (χ1v) is 9.74. The average Bonchev–Trinajstić information content (AvgIpc) is 3.11. The molecule has 7 heteroatoms. The molecule has 1 aliphatic rings. The summed E-state index contributed by atoms with van der Waals surface area (Å²) in [5.41, 5.74) is 9.59. The maximum atomic E-state index is 12.8. The van der Waals surface area contributed by atoms with Gasteiger partial charge in [-0.2, -0.15) is 0 Å². The standard InChI is InChI=1S/C23H17ClN4O2/c24-14-11-9-13(10-12-14)21-19(22(25)30)20(15-5-1-4-8-18(15)29)27-23-26-16-6-2-3-7-17(16)28(21)23/h1-12,21,29H,(H2,25,30)(H,26,27). The van der Waals surface area contributed by atoms with Crippen molar-refractivity contribution in [3.05, 3.63) is 94.5 Å². The number of phenolic OH excluding ortho intramolecular Hbond substituents is 1. The number of aromatic nitrogens is 2. The molecule has 5 rings (SSSR count). The van der Waals surface area contributed by atoms with Gasteiger partial charge in [0.05, 0.1) is 28.3 Å². The van der Waals surface area contributed by atoms with Gasteiger partial charge in [-0.05, 0) is 42.0 Å². The lowest BCUT2D eigenvalue weighted by molar-refractivity contribution is -0.114. The molecule has 148 valence electrons. The highest BCUT2D eigenvalue weighted by molar-refractivity contribution is 6.30. The van der Waals surface area contributed by atoms with Gasteiger partial charge in [-0.1, -0.05) is 48.0 Å². The van der Waals surface area contributed by atoms with E-state index >= 15 is 0 Å². The molecule has 0 bridgehead atoms. The van der Waals surface area contributed by atoms with Crippen LogP contribution in [-0.2, 0) is 4.79 Å². The molecule has 0 saturated heterocycles. The number of imidazole rings is 1. The first-order chi connectivity index (χ1) is 14.5. The summed E-state index contributed by atoms with van der Waals surface area (Å²) >= 11 is 6.10. The number of anilines is 1. The van der Waals surface area contributed by atoms with Crippen molar-refractivity contribution in [2.45, 2.75) is 6.04 Å². The van der Waals surface area contributed by atoms with Gasteiger partial charge in [-0.15, -0.1) is 0 Å². The van der Waals surface area contributed by atoms with Crippen LogP contribution in [0.15, 0.2) is 78.4 Å². The second-order valence-electron chi connectivity index (χ2n) is 7.04. The third-order valence-corrected chi connectivity index (χ3v) is 5.51. The number of nitrogens with one attached hydrogen (secondary N) is 1. The molecule has 1 amide bonds. The van der Waals surface area contributed by atoms with E-state index in [-0.39, 0.29) is 5.75 Å². The lowest BCUT2D eigenvalue weighted by atomic mass is 9.91. The van der Waals surface area contributed by atoms with E-state index in [1.54, 1.807) is 36.4 Å². The molecular weight excluding hydrogens is 400 g/mol. The number of amides is 1. The molecule has 4 aromatic rings. The number of para-hydroxylation sites is 3. The average molecular weight is 417 g/mol. The Morgan fingerprint density at radius 3 is 2.47 bits per heavy atom. The number of carbonyl (C=O) groups is 1. The molecule has 1 aromatic heterocycles. The van der Waals surface area contributed by atoms with Gasteiger partial charge in [-0.25, -0.2) is 4.98 Å². The van der Waals surface area contributed by atoms with Crippen molar-refractivity contribution in [3.63, 3.8) is 0 Å². The van der Waals surface area contributed by atoms with Crippen molar-refractivity contribution in [2.75, 3.05) is 5.32 Å². The molecule has 6 nitrogen and oxygen atoms in total. The SMILES string of the molecule is NC(=O)C1=C(c2ccccc2O)Nc2nc3ccccc3n2C1c1ccc(Cl)cc1. The number of halogens is 1. The first-order valence-electron chi connectivity index (χ1n) is 9.36. The number of rotatable bonds is 3. The van der Waals surface area contributed by atoms with Crippen LogP contribution in [0.5, 0.6) is 5.75 Å². The highest BCUT2D eigenvalue weighted by Gasteiger charge is 2.35. The highest BCUT2D eigenvalue weighted by atomic mass is 35.5. The molecule has 0 spiro atoms. The number of hydrogen-bond acceptors (Lipinski definition) is 4. The fraction of sp³-hybridized carbons (Fsp3) is 0.0435. The summed E-state index contributed by atoms with van der Waals surface area (Å²) in [6, 6.07) is 21.2. The monoisotopic (exact) mass is 416 g/mol. The van der Waals surface area contributed by atoms with Crippen LogP contribution < -0.4 is 11.1 Å². The fourth-order valence-electron chi connectivity index (χ4n) is 3.96. The zero-order chi connectivity index (χ0) is 20.8. The van der Waals surface area contributed by atoms with E-state index in [1.807, 2.05) is 41.0 Å². The third-order valence-electron chi connectivity index (χ3n) is 5.26. The number of phenols is 1. The van der Waals surface area contributed by atoms with Gasteiger partial charge in [0.2, 0.25) is 11.9 Å². The number of hydrogen-bond donors (Lipinski definition) is 3. The van der Waals surface area contributed by atoms with Crippen molar-refractivity contribution < 1.29 is 9.90 Å². The van der Waals surface area contributed by atoms with Crippen molar-refractivity contribution in [2.24, 2.45) is 5.73 Å². The van der Waals surface area contributed by atoms with Gasteiger partial charge in [-0.3, -0.25) is 9.36 Å². The zero-order valence-electron chi connectivity index (χ0n) is 15.7. The largest absolute Gasteiger partial charge is 0.507 e. The van der Waals surface area contributed by atoms with Crippen LogP contribution in [0.1, 0.15) is 17.2 Å². The number of nitrogens with two attached hydrogens (primary N) is 1. The molecule has 0 saturated carbocycles. The number of aromatic hydroxyl groups is 1. The molecule has 0 fully saturated rings. The molecule has 2 heterocycles. The Morgan fingerprint density at radius 1 is 1.03 bits per heavy atom. The summed E-state index contributed by atoms with van der Waals surface area (Å²) in [6.45, 7) is 0. The fourth-order valence-corrected chi connectivity index (χ4v) is 4.08. The molecule has 0 aliphatic carbocycles. The molecule has 30 heavy (non-hydrogen) atoms. The zero-order valence-corrected chi connectivity index (χ0v) is 16.5. The van der Waals surface area contributed by atoms with Gasteiger partial charge >= 0.3 is 0 Å². The molecular formula is C23H17ClN4O2. The second-order valence-corrected chi connectivity index (χ2v) is 7.48. The van der Waals surface area contributed by atoms with Crippen molar-refractivity contribution in [1.29, 1.82) is 0 Å². The second kappa shape index (κ2) is 6.93. The Hall–Kier alpha value is -3.77. The van der Waals surface area contributed by atoms with Gasteiger partial charge in [0.1, 0.15) is 5.75 Å². The number of nitrogens with zero attached hydrogens (tertiary/aromatic N) is 2. The Labute approximate surface area is 177 Å². The van der Waals surface area contributed by atoms with Crippen LogP contribution in [-0.4, -0.2) is 20.6 Å². The highest BCUT2D eigenvalue weighted by Crippen LogP contribution is 2.43. The normalized spacial score (nSPS) is 15.7. The minimum absolute atomic E-state index is 0.0400. The lowest BCUT2D eigenvalue weighted by Gasteiger charge is -2.31. The Kier molecular flexibility index (Phi) is 4.22. The third kappa shape index (κ3) is 2.81. The maximum absolute atomic E-state index is 12.8. The smallest absolute Gasteiger partial charge is 0.249 e. The van der Waals surface area contributed by atoms with Gasteiger partial charge in [0.15, 0.2) is 0 Å². The van der Waals surface area contributed by atoms with Crippen LogP contribution in [0.4, 0.5) is 5.95 Å². The summed E-state index contributed by atoms with van der Waals surface area (Å²) in [7, 11) is 0. The van der Waals surface area contributed by atoms with Crippen LogP contribution in [0.25, 0.3) is 16.7 Å². The van der Waals surface area contributed by atoms with Gasteiger partial charge in [0, 0.05) is 10.6 Å². The van der Waals surface area contributed by atoms with Crippen LogP contribution in [0.3, 0.4) is 0 Å². The maximum Gasteiger partial charge on any atom is 0.249 e. The molecule has 1 aliphatic heterocycles. The van der Waals surface area contributed by atoms with Crippen LogP contribution >= 0.6 is 11.6 Å². The van der Waals surface area contributed by atoms with E-state index in [4.69, 9.17) is 22.3 Å². The van der Waals surface area contributed by atoms with Crippen LogP contribution in [0, 0.1) is 0 Å². The first kappa shape index (κ1) is 18.3. The minimum atomic E-state index is -0.593. The minimum Gasteiger partial charge on any atom is -0.507 e. The number of benzene rings is 3. The number of primary amides is 1. The van der Waals surface area contributed by atoms with Gasteiger partial charge < -0.3 is 16.2 Å². The van der Waals surface area contributed by atoms with Crippen LogP contribution in [0.2, 0.25) is 5.02 Å². The summed E-state index contributed by atoms with van der Waals surface area (Å²) in [5.74, 6) is 0.00158.